The van der Waals surface area contributed by atoms with E-state index in [-0.39, 0.29) is 17.0 Å². The summed E-state index contributed by atoms with van der Waals surface area (Å²) in [7, 11) is -2.26. The van der Waals surface area contributed by atoms with E-state index in [9.17, 15) is 18.0 Å². The molecule has 1 atom stereocenters. The molecule has 0 saturated heterocycles. The maximum absolute atomic E-state index is 12.6. The van der Waals surface area contributed by atoms with Gasteiger partial charge in [-0.25, -0.2) is 13.2 Å². The van der Waals surface area contributed by atoms with Crippen molar-refractivity contribution in [2.75, 3.05) is 0 Å². The Morgan fingerprint density at radius 2 is 1.81 bits per heavy atom. The van der Waals surface area contributed by atoms with E-state index in [2.05, 4.69) is 15.1 Å². The average Bonchev–Trinajstić information content (AvgIpc) is 2.85. The Morgan fingerprint density at radius 1 is 1.22 bits per heavy atom. The van der Waals surface area contributed by atoms with Crippen LogP contribution in [0.5, 0.6) is 0 Å². The zero-order chi connectivity index (χ0) is 20.4. The maximum atomic E-state index is 12.6. The predicted molar refractivity (Wildman–Crippen MR) is 97.7 cm³/mol. The molecule has 0 bridgehead atoms. The Balaban J connectivity index is 2.01. The monoisotopic (exact) mass is 394 g/mol. The molecule has 0 saturated carbocycles. The molecule has 10 heteroatoms. The fourth-order valence-electron chi connectivity index (χ4n) is 2.60. The van der Waals surface area contributed by atoms with Crippen LogP contribution in [0.1, 0.15) is 34.2 Å². The zero-order valence-electron chi connectivity index (χ0n) is 15.5. The SMILES string of the molecule is Cc1nn(C)c(C)c1S(=O)(=O)NC(C)C(=O)NCc1ccc(C(=O)O)cc1. The van der Waals surface area contributed by atoms with Gasteiger partial charge in [0, 0.05) is 13.6 Å². The second-order valence-electron chi connectivity index (χ2n) is 6.19. The van der Waals surface area contributed by atoms with Gasteiger partial charge in [-0.3, -0.25) is 9.48 Å². The van der Waals surface area contributed by atoms with Crippen molar-refractivity contribution < 1.29 is 23.1 Å². The first-order valence-corrected chi connectivity index (χ1v) is 9.63. The second kappa shape index (κ2) is 7.89. The molecule has 2 rings (SSSR count). The number of nitrogens with zero attached hydrogens (tertiary/aromatic N) is 2. The molecule has 0 radical (unpaired) electrons. The average molecular weight is 394 g/mol. The number of aromatic nitrogens is 2. The molecular formula is C17H22N4O5S. The van der Waals surface area contributed by atoms with Crippen LogP contribution >= 0.6 is 0 Å². The van der Waals surface area contributed by atoms with Gasteiger partial charge in [0.15, 0.2) is 0 Å². The van der Waals surface area contributed by atoms with Crippen molar-refractivity contribution in [2.24, 2.45) is 7.05 Å². The third-order valence-electron chi connectivity index (χ3n) is 4.10. The standard InChI is InChI=1S/C17H22N4O5S/c1-10-15(12(3)21(4)19-10)27(25,26)20-11(2)16(22)18-9-13-5-7-14(8-6-13)17(23)24/h5-8,11,20H,9H2,1-4H3,(H,18,22)(H,23,24). The molecule has 1 amide bonds. The van der Waals surface area contributed by atoms with E-state index in [1.807, 2.05) is 0 Å². The Hall–Kier alpha value is -2.72. The number of carbonyl (C=O) groups excluding carboxylic acids is 1. The van der Waals surface area contributed by atoms with Crippen molar-refractivity contribution in [2.45, 2.75) is 38.3 Å². The van der Waals surface area contributed by atoms with E-state index >= 15 is 0 Å². The number of rotatable bonds is 7. The van der Waals surface area contributed by atoms with Crippen molar-refractivity contribution in [1.82, 2.24) is 19.8 Å². The highest BCUT2D eigenvalue weighted by Gasteiger charge is 2.27. The normalized spacial score (nSPS) is 12.6. The lowest BCUT2D eigenvalue weighted by atomic mass is 10.1. The summed E-state index contributed by atoms with van der Waals surface area (Å²) < 4.78 is 29.0. The molecule has 0 fully saturated rings. The van der Waals surface area contributed by atoms with Crippen LogP contribution < -0.4 is 10.0 Å². The number of carbonyl (C=O) groups is 2. The Morgan fingerprint density at radius 3 is 2.30 bits per heavy atom. The molecular weight excluding hydrogens is 372 g/mol. The van der Waals surface area contributed by atoms with Gasteiger partial charge in [0.1, 0.15) is 4.90 Å². The van der Waals surface area contributed by atoms with Crippen LogP contribution in [0.3, 0.4) is 0 Å². The number of carboxylic acid groups (broad SMARTS) is 1. The number of amides is 1. The van der Waals surface area contributed by atoms with Gasteiger partial charge in [-0.05, 0) is 38.5 Å². The van der Waals surface area contributed by atoms with Crippen LogP contribution in [0.4, 0.5) is 0 Å². The fraction of sp³-hybridized carbons (Fsp3) is 0.353. The Kier molecular flexibility index (Phi) is 6.01. The number of aryl methyl sites for hydroxylation is 2. The molecule has 3 N–H and O–H groups in total. The summed E-state index contributed by atoms with van der Waals surface area (Å²) in [5, 5.41) is 15.6. The number of benzene rings is 1. The lowest BCUT2D eigenvalue weighted by Gasteiger charge is -2.15. The van der Waals surface area contributed by atoms with Crippen LogP contribution in [-0.2, 0) is 28.4 Å². The van der Waals surface area contributed by atoms with Gasteiger partial charge in [-0.1, -0.05) is 12.1 Å². The molecule has 0 aliphatic rings. The van der Waals surface area contributed by atoms with E-state index < -0.39 is 27.9 Å². The topological polar surface area (TPSA) is 130 Å². The van der Waals surface area contributed by atoms with Crippen LogP contribution in [0.2, 0.25) is 0 Å². The van der Waals surface area contributed by atoms with Gasteiger partial charge in [0.25, 0.3) is 0 Å². The van der Waals surface area contributed by atoms with Gasteiger partial charge in [-0.2, -0.15) is 9.82 Å². The third kappa shape index (κ3) is 4.72. The van der Waals surface area contributed by atoms with Crippen molar-refractivity contribution in [1.29, 1.82) is 0 Å². The molecule has 1 aromatic carbocycles. The lowest BCUT2D eigenvalue weighted by Crippen LogP contribution is -2.44. The van der Waals surface area contributed by atoms with E-state index in [0.717, 1.165) is 0 Å². The van der Waals surface area contributed by atoms with E-state index in [4.69, 9.17) is 5.11 Å². The van der Waals surface area contributed by atoms with Crippen LogP contribution in [0, 0.1) is 13.8 Å². The minimum Gasteiger partial charge on any atom is -0.478 e. The van der Waals surface area contributed by atoms with Crippen molar-refractivity contribution >= 4 is 21.9 Å². The molecule has 0 aliphatic heterocycles. The first-order chi connectivity index (χ1) is 12.5. The molecule has 0 aliphatic carbocycles. The van der Waals surface area contributed by atoms with E-state index in [0.29, 0.717) is 17.0 Å². The highest BCUT2D eigenvalue weighted by atomic mass is 32.2. The van der Waals surface area contributed by atoms with Gasteiger partial charge in [-0.15, -0.1) is 0 Å². The highest BCUT2D eigenvalue weighted by molar-refractivity contribution is 7.89. The zero-order valence-corrected chi connectivity index (χ0v) is 16.3. The molecule has 146 valence electrons. The summed E-state index contributed by atoms with van der Waals surface area (Å²) in [4.78, 5) is 23.1. The summed E-state index contributed by atoms with van der Waals surface area (Å²) in [6, 6.07) is 5.04. The number of hydrogen-bond acceptors (Lipinski definition) is 5. The fourth-order valence-corrected chi connectivity index (χ4v) is 4.24. The summed E-state index contributed by atoms with van der Waals surface area (Å²) >= 11 is 0. The quantitative estimate of drug-likeness (QED) is 0.634. The van der Waals surface area contributed by atoms with Gasteiger partial charge in [0.2, 0.25) is 15.9 Å². The predicted octanol–water partition coefficient (Wildman–Crippen LogP) is 0.718. The number of hydrogen-bond donors (Lipinski definition) is 3. The minimum absolute atomic E-state index is 0.0638. The molecule has 27 heavy (non-hydrogen) atoms. The van der Waals surface area contributed by atoms with Crippen molar-refractivity contribution in [3.63, 3.8) is 0 Å². The third-order valence-corrected chi connectivity index (χ3v) is 5.90. The minimum atomic E-state index is -3.90. The first-order valence-electron chi connectivity index (χ1n) is 8.15. The summed E-state index contributed by atoms with van der Waals surface area (Å²) in [5.74, 6) is -1.53. The maximum Gasteiger partial charge on any atom is 0.335 e. The number of nitrogens with one attached hydrogen (secondary N) is 2. The number of aromatic carboxylic acids is 1. The van der Waals surface area contributed by atoms with Crippen molar-refractivity contribution in [3.05, 3.63) is 46.8 Å². The summed E-state index contributed by atoms with van der Waals surface area (Å²) in [6.07, 6.45) is 0. The van der Waals surface area contributed by atoms with Crippen LogP contribution in [-0.4, -0.2) is 41.2 Å². The number of carboxylic acids is 1. The Labute approximate surface area is 157 Å². The van der Waals surface area contributed by atoms with Gasteiger partial charge in [0.05, 0.1) is 23.0 Å². The summed E-state index contributed by atoms with van der Waals surface area (Å²) in [6.45, 7) is 4.82. The molecule has 0 spiro atoms. The van der Waals surface area contributed by atoms with Crippen molar-refractivity contribution in [3.8, 4) is 0 Å². The van der Waals surface area contributed by atoms with Crippen LogP contribution in [0.25, 0.3) is 0 Å². The summed E-state index contributed by atoms with van der Waals surface area (Å²) in [5.41, 5.74) is 1.68. The van der Waals surface area contributed by atoms with E-state index in [1.165, 1.54) is 23.7 Å². The molecule has 1 heterocycles. The first kappa shape index (κ1) is 20.6. The van der Waals surface area contributed by atoms with Gasteiger partial charge >= 0.3 is 5.97 Å². The second-order valence-corrected chi connectivity index (χ2v) is 7.84. The molecule has 1 aromatic heterocycles. The molecule has 1 unspecified atom stereocenters. The highest BCUT2D eigenvalue weighted by Crippen LogP contribution is 2.18. The van der Waals surface area contributed by atoms with Gasteiger partial charge < -0.3 is 10.4 Å². The molecule has 2 aromatic rings. The smallest absolute Gasteiger partial charge is 0.335 e. The van der Waals surface area contributed by atoms with Crippen LogP contribution in [0.15, 0.2) is 29.2 Å². The van der Waals surface area contributed by atoms with E-state index in [1.54, 1.807) is 33.0 Å². The molecule has 9 nitrogen and oxygen atoms in total. The Bertz CT molecular complexity index is 964. The lowest BCUT2D eigenvalue weighted by molar-refractivity contribution is -0.122. The number of sulfonamides is 1. The largest absolute Gasteiger partial charge is 0.478 e.